The Hall–Kier alpha value is -1.58. The van der Waals surface area contributed by atoms with Crippen LogP contribution in [-0.4, -0.2) is 16.1 Å². The maximum atomic E-state index is 10.7. The van der Waals surface area contributed by atoms with Crippen molar-refractivity contribution in [2.24, 2.45) is 0 Å². The molecule has 0 atom stereocenters. The van der Waals surface area contributed by atoms with Gasteiger partial charge in [0.25, 0.3) is 0 Å². The number of carboxylic acid groups (broad SMARTS) is 1. The van der Waals surface area contributed by atoms with Crippen molar-refractivity contribution in [3.05, 3.63) is 23.5 Å². The molecule has 0 aliphatic heterocycles. The lowest BCUT2D eigenvalue weighted by molar-refractivity contribution is 0.0698. The molecule has 13 heavy (non-hydrogen) atoms. The number of aromatic carboxylic acids is 1. The number of hydrogen-bond acceptors (Lipinski definition) is 3. The maximum Gasteiger partial charge on any atom is 0.337 e. The summed E-state index contributed by atoms with van der Waals surface area (Å²) in [7, 11) is 0. The second-order valence-electron chi connectivity index (χ2n) is 3.12. The first-order valence-corrected chi connectivity index (χ1v) is 4.01. The number of nitrogens with zero attached hydrogens (tertiary/aromatic N) is 1. The van der Waals surface area contributed by atoms with E-state index in [0.29, 0.717) is 5.69 Å². The standard InChI is InChI=1S/C9H12N2O2/c1-5(2)8-7(10)6(9(12)13)3-4-11-8/h3-5H,10H2,1-2H3,(H,12,13). The molecule has 0 fully saturated rings. The predicted molar refractivity (Wildman–Crippen MR) is 49.7 cm³/mol. The van der Waals surface area contributed by atoms with Crippen LogP contribution in [0.1, 0.15) is 35.8 Å². The van der Waals surface area contributed by atoms with Gasteiger partial charge in [0.15, 0.2) is 0 Å². The van der Waals surface area contributed by atoms with Gasteiger partial charge in [-0.3, -0.25) is 4.98 Å². The molecule has 0 unspecified atom stereocenters. The summed E-state index contributed by atoms with van der Waals surface area (Å²) < 4.78 is 0. The van der Waals surface area contributed by atoms with E-state index < -0.39 is 5.97 Å². The Bertz CT molecular complexity index is 334. The summed E-state index contributed by atoms with van der Waals surface area (Å²) in [6, 6.07) is 1.41. The second kappa shape index (κ2) is 3.43. The minimum Gasteiger partial charge on any atom is -0.478 e. The Balaban J connectivity index is 3.26. The first-order chi connectivity index (χ1) is 6.04. The Morgan fingerprint density at radius 3 is 2.69 bits per heavy atom. The summed E-state index contributed by atoms with van der Waals surface area (Å²) >= 11 is 0. The Morgan fingerprint density at radius 2 is 2.23 bits per heavy atom. The van der Waals surface area contributed by atoms with Gasteiger partial charge >= 0.3 is 5.97 Å². The topological polar surface area (TPSA) is 76.2 Å². The summed E-state index contributed by atoms with van der Waals surface area (Å²) in [6.45, 7) is 3.84. The van der Waals surface area contributed by atoms with E-state index in [1.807, 2.05) is 13.8 Å². The van der Waals surface area contributed by atoms with Gasteiger partial charge in [-0.15, -0.1) is 0 Å². The summed E-state index contributed by atoms with van der Waals surface area (Å²) in [4.78, 5) is 14.7. The molecule has 0 aliphatic rings. The largest absolute Gasteiger partial charge is 0.478 e. The quantitative estimate of drug-likeness (QED) is 0.722. The molecule has 4 heteroatoms. The molecule has 4 nitrogen and oxygen atoms in total. The van der Waals surface area contributed by atoms with Crippen molar-refractivity contribution >= 4 is 11.7 Å². The van der Waals surface area contributed by atoms with Gasteiger partial charge in [0.2, 0.25) is 0 Å². The number of carboxylic acids is 1. The second-order valence-corrected chi connectivity index (χ2v) is 3.12. The van der Waals surface area contributed by atoms with E-state index >= 15 is 0 Å². The summed E-state index contributed by atoms with van der Waals surface area (Å²) in [6.07, 6.45) is 1.47. The van der Waals surface area contributed by atoms with Crippen molar-refractivity contribution in [3.8, 4) is 0 Å². The minimum atomic E-state index is -1.01. The SMILES string of the molecule is CC(C)c1nccc(C(=O)O)c1N. The van der Waals surface area contributed by atoms with Crippen molar-refractivity contribution in [2.45, 2.75) is 19.8 Å². The van der Waals surface area contributed by atoms with Gasteiger partial charge in [0.1, 0.15) is 0 Å². The lowest BCUT2D eigenvalue weighted by Gasteiger charge is -2.09. The van der Waals surface area contributed by atoms with Crippen molar-refractivity contribution in [2.75, 3.05) is 5.73 Å². The number of aromatic nitrogens is 1. The zero-order valence-electron chi connectivity index (χ0n) is 7.61. The summed E-state index contributed by atoms with van der Waals surface area (Å²) in [5.74, 6) is -0.874. The van der Waals surface area contributed by atoms with Gasteiger partial charge in [-0.2, -0.15) is 0 Å². The number of rotatable bonds is 2. The fourth-order valence-electron chi connectivity index (χ4n) is 1.14. The molecule has 0 aliphatic carbocycles. The predicted octanol–water partition coefficient (Wildman–Crippen LogP) is 1.49. The van der Waals surface area contributed by atoms with Crippen LogP contribution in [0.4, 0.5) is 5.69 Å². The summed E-state index contributed by atoms with van der Waals surface area (Å²) in [5, 5.41) is 8.76. The van der Waals surface area contributed by atoms with Crippen LogP contribution < -0.4 is 5.73 Å². The van der Waals surface area contributed by atoms with Gasteiger partial charge in [0.05, 0.1) is 16.9 Å². The molecular weight excluding hydrogens is 168 g/mol. The number of carbonyl (C=O) groups is 1. The highest BCUT2D eigenvalue weighted by Gasteiger charge is 2.13. The van der Waals surface area contributed by atoms with Crippen LogP contribution in [0.2, 0.25) is 0 Å². The van der Waals surface area contributed by atoms with Crippen molar-refractivity contribution in [1.82, 2.24) is 4.98 Å². The molecular formula is C9H12N2O2. The van der Waals surface area contributed by atoms with Crippen LogP contribution in [0.5, 0.6) is 0 Å². The number of hydrogen-bond donors (Lipinski definition) is 2. The molecule has 0 aromatic carbocycles. The molecule has 0 amide bonds. The molecule has 0 radical (unpaired) electrons. The molecule has 3 N–H and O–H groups in total. The highest BCUT2D eigenvalue weighted by Crippen LogP contribution is 2.22. The van der Waals surface area contributed by atoms with Gasteiger partial charge < -0.3 is 10.8 Å². The van der Waals surface area contributed by atoms with Gasteiger partial charge in [-0.1, -0.05) is 13.8 Å². The lowest BCUT2D eigenvalue weighted by Crippen LogP contribution is -2.07. The molecule has 0 spiro atoms. The smallest absolute Gasteiger partial charge is 0.337 e. The van der Waals surface area contributed by atoms with E-state index in [0.717, 1.165) is 0 Å². The van der Waals surface area contributed by atoms with E-state index in [2.05, 4.69) is 4.98 Å². The van der Waals surface area contributed by atoms with Crippen LogP contribution in [0.25, 0.3) is 0 Å². The molecule has 1 heterocycles. The Morgan fingerprint density at radius 1 is 1.62 bits per heavy atom. The molecule has 0 saturated carbocycles. The van der Waals surface area contributed by atoms with Gasteiger partial charge in [-0.25, -0.2) is 4.79 Å². The highest BCUT2D eigenvalue weighted by atomic mass is 16.4. The van der Waals surface area contributed by atoms with Gasteiger partial charge in [-0.05, 0) is 12.0 Å². The molecule has 0 bridgehead atoms. The molecule has 1 aromatic heterocycles. The third kappa shape index (κ3) is 1.77. The zero-order chi connectivity index (χ0) is 10.0. The van der Waals surface area contributed by atoms with Crippen LogP contribution >= 0.6 is 0 Å². The average molecular weight is 180 g/mol. The average Bonchev–Trinajstić information content (AvgIpc) is 2.03. The van der Waals surface area contributed by atoms with Crippen LogP contribution in [0.3, 0.4) is 0 Å². The monoisotopic (exact) mass is 180 g/mol. The fourth-order valence-corrected chi connectivity index (χ4v) is 1.14. The Labute approximate surface area is 76.4 Å². The van der Waals surface area contributed by atoms with Crippen molar-refractivity contribution in [3.63, 3.8) is 0 Å². The van der Waals surface area contributed by atoms with Crippen LogP contribution in [0.15, 0.2) is 12.3 Å². The lowest BCUT2D eigenvalue weighted by atomic mass is 10.0. The molecule has 1 rings (SSSR count). The minimum absolute atomic E-state index is 0.124. The molecule has 70 valence electrons. The van der Waals surface area contributed by atoms with Crippen LogP contribution in [0, 0.1) is 0 Å². The zero-order valence-corrected chi connectivity index (χ0v) is 7.61. The molecule has 1 aromatic rings. The number of anilines is 1. The normalized spacial score (nSPS) is 10.4. The maximum absolute atomic E-state index is 10.7. The Kier molecular flexibility index (Phi) is 2.51. The first kappa shape index (κ1) is 9.51. The third-order valence-electron chi connectivity index (χ3n) is 1.80. The number of nitrogens with two attached hydrogens (primary N) is 1. The van der Waals surface area contributed by atoms with Crippen LogP contribution in [-0.2, 0) is 0 Å². The van der Waals surface area contributed by atoms with Crippen molar-refractivity contribution in [1.29, 1.82) is 0 Å². The molecule has 0 saturated heterocycles. The van der Waals surface area contributed by atoms with E-state index in [-0.39, 0.29) is 17.2 Å². The van der Waals surface area contributed by atoms with Crippen molar-refractivity contribution < 1.29 is 9.90 Å². The fraction of sp³-hybridized carbons (Fsp3) is 0.333. The summed E-state index contributed by atoms with van der Waals surface area (Å²) in [5.41, 5.74) is 6.67. The highest BCUT2D eigenvalue weighted by molar-refractivity contribution is 5.94. The van der Waals surface area contributed by atoms with E-state index in [1.54, 1.807) is 0 Å². The first-order valence-electron chi connectivity index (χ1n) is 4.01. The van der Waals surface area contributed by atoms with E-state index in [1.165, 1.54) is 12.3 Å². The van der Waals surface area contributed by atoms with Gasteiger partial charge in [0, 0.05) is 6.20 Å². The third-order valence-corrected chi connectivity index (χ3v) is 1.80. The van der Waals surface area contributed by atoms with E-state index in [9.17, 15) is 4.79 Å². The number of nitrogen functional groups attached to an aromatic ring is 1. The number of pyridine rings is 1. The van der Waals surface area contributed by atoms with E-state index in [4.69, 9.17) is 10.8 Å².